The van der Waals surface area contributed by atoms with Crippen molar-refractivity contribution in [3.8, 4) is 11.4 Å². The molecule has 1 aromatic heterocycles. The first-order valence-corrected chi connectivity index (χ1v) is 7.34. The normalized spacial score (nSPS) is 11.7. The van der Waals surface area contributed by atoms with Gasteiger partial charge in [0.25, 0.3) is 0 Å². The van der Waals surface area contributed by atoms with Gasteiger partial charge in [-0.25, -0.2) is 9.78 Å². The van der Waals surface area contributed by atoms with E-state index in [1.165, 1.54) is 11.8 Å². The van der Waals surface area contributed by atoms with Gasteiger partial charge in [-0.05, 0) is 31.2 Å². The molecule has 1 aromatic carbocycles. The largest absolute Gasteiger partial charge is 0.497 e. The van der Waals surface area contributed by atoms with Gasteiger partial charge in [-0.15, -0.1) is 0 Å². The molecule has 0 aliphatic carbocycles. The molecule has 3 N–H and O–H groups in total. The predicted molar refractivity (Wildman–Crippen MR) is 83.2 cm³/mol. The van der Waals surface area contributed by atoms with Crippen molar-refractivity contribution in [3.63, 3.8) is 0 Å². The molecule has 0 aliphatic heterocycles. The number of benzene rings is 1. The van der Waals surface area contributed by atoms with E-state index in [0.29, 0.717) is 5.16 Å². The summed E-state index contributed by atoms with van der Waals surface area (Å²) in [5.74, 6) is 0.300. The van der Waals surface area contributed by atoms with Crippen LogP contribution in [0.1, 0.15) is 6.92 Å². The Bertz CT molecular complexity index is 669. The van der Waals surface area contributed by atoms with Crippen LogP contribution < -0.4 is 15.8 Å². The molecule has 1 heterocycles. The van der Waals surface area contributed by atoms with Crippen molar-refractivity contribution in [3.05, 3.63) is 36.7 Å². The quantitative estimate of drug-likeness (QED) is 0.814. The number of rotatable bonds is 5. The molecule has 0 fully saturated rings. The van der Waals surface area contributed by atoms with E-state index in [1.54, 1.807) is 26.4 Å². The van der Waals surface area contributed by atoms with E-state index in [0.717, 1.165) is 11.4 Å². The van der Waals surface area contributed by atoms with E-state index < -0.39 is 17.2 Å². The standard InChI is InChI=1S/C14H16N4O3S/c1-9(12(19)17-13(15)20)22-14-16-7-8-18(14)10-3-5-11(21-2)6-4-10/h3-9H,1-2H3,(H3,15,17,19,20)/t9-/m1/s1. The highest BCUT2D eigenvalue weighted by Gasteiger charge is 2.18. The van der Waals surface area contributed by atoms with Gasteiger partial charge >= 0.3 is 6.03 Å². The number of amides is 3. The Balaban J connectivity index is 2.15. The molecule has 0 unspecified atom stereocenters. The number of thioether (sulfide) groups is 1. The fraction of sp³-hybridized carbons (Fsp3) is 0.214. The molecule has 8 heteroatoms. The maximum Gasteiger partial charge on any atom is 0.318 e. The third kappa shape index (κ3) is 3.79. The minimum atomic E-state index is -0.865. The SMILES string of the molecule is COc1ccc(-n2ccnc2S[C@H](C)C(=O)NC(N)=O)cc1. The number of aromatic nitrogens is 2. The number of nitrogens with one attached hydrogen (secondary N) is 1. The van der Waals surface area contributed by atoms with Gasteiger partial charge in [0.05, 0.1) is 12.4 Å². The van der Waals surface area contributed by atoms with Crippen molar-refractivity contribution in [2.24, 2.45) is 5.73 Å². The van der Waals surface area contributed by atoms with Crippen LogP contribution in [0.4, 0.5) is 4.79 Å². The minimum Gasteiger partial charge on any atom is -0.497 e. The molecule has 7 nitrogen and oxygen atoms in total. The number of primary amides is 1. The lowest BCUT2D eigenvalue weighted by molar-refractivity contribution is -0.119. The summed E-state index contributed by atoms with van der Waals surface area (Å²) in [5, 5.41) is 2.18. The first-order chi connectivity index (χ1) is 10.5. The monoisotopic (exact) mass is 320 g/mol. The highest BCUT2D eigenvalue weighted by molar-refractivity contribution is 8.00. The van der Waals surface area contributed by atoms with E-state index in [-0.39, 0.29) is 0 Å². The summed E-state index contributed by atoms with van der Waals surface area (Å²) in [7, 11) is 1.60. The van der Waals surface area contributed by atoms with Crippen LogP contribution in [0.15, 0.2) is 41.8 Å². The topological polar surface area (TPSA) is 99.2 Å². The van der Waals surface area contributed by atoms with Crippen LogP contribution in [0.25, 0.3) is 5.69 Å². The van der Waals surface area contributed by atoms with Crippen LogP contribution in [-0.4, -0.2) is 33.8 Å². The highest BCUT2D eigenvalue weighted by Crippen LogP contribution is 2.25. The molecule has 2 rings (SSSR count). The van der Waals surface area contributed by atoms with Crippen LogP contribution >= 0.6 is 11.8 Å². The van der Waals surface area contributed by atoms with E-state index in [4.69, 9.17) is 10.5 Å². The molecule has 3 amide bonds. The number of imide groups is 1. The molecular formula is C14H16N4O3S. The second kappa shape index (κ2) is 6.99. The molecule has 0 bridgehead atoms. The molecule has 0 saturated carbocycles. The molecule has 0 spiro atoms. The molecule has 0 aliphatic rings. The van der Waals surface area contributed by atoms with E-state index in [9.17, 15) is 9.59 Å². The lowest BCUT2D eigenvalue weighted by Gasteiger charge is -2.12. The van der Waals surface area contributed by atoms with Crippen LogP contribution in [0.5, 0.6) is 5.75 Å². The molecule has 0 radical (unpaired) electrons. The second-order valence-electron chi connectivity index (χ2n) is 4.39. The first-order valence-electron chi connectivity index (χ1n) is 6.46. The molecular weight excluding hydrogens is 304 g/mol. The zero-order valence-electron chi connectivity index (χ0n) is 12.1. The average Bonchev–Trinajstić information content (AvgIpc) is 2.94. The smallest absolute Gasteiger partial charge is 0.318 e. The lowest BCUT2D eigenvalue weighted by Crippen LogP contribution is -2.39. The van der Waals surface area contributed by atoms with Crippen molar-refractivity contribution in [2.45, 2.75) is 17.3 Å². The number of imidazole rings is 1. The number of carbonyl (C=O) groups is 2. The molecule has 1 atom stereocenters. The number of carbonyl (C=O) groups excluding carboxylic acids is 2. The Morgan fingerprint density at radius 3 is 2.64 bits per heavy atom. The Kier molecular flexibility index (Phi) is 5.05. The number of hydrogen-bond acceptors (Lipinski definition) is 5. The summed E-state index contributed by atoms with van der Waals surface area (Å²) in [5.41, 5.74) is 5.83. The Morgan fingerprint density at radius 1 is 1.36 bits per heavy atom. The minimum absolute atomic E-state index is 0.457. The first kappa shape index (κ1) is 15.9. The second-order valence-corrected chi connectivity index (χ2v) is 5.70. The number of nitrogens with two attached hydrogens (primary N) is 1. The maximum absolute atomic E-state index is 11.7. The van der Waals surface area contributed by atoms with Gasteiger partial charge in [-0.1, -0.05) is 11.8 Å². The fourth-order valence-electron chi connectivity index (χ4n) is 1.75. The summed E-state index contributed by atoms with van der Waals surface area (Å²) in [6.45, 7) is 1.68. The third-order valence-corrected chi connectivity index (χ3v) is 3.94. The average molecular weight is 320 g/mol. The molecule has 2 aromatic rings. The van der Waals surface area contributed by atoms with Crippen LogP contribution in [0, 0.1) is 0 Å². The van der Waals surface area contributed by atoms with Crippen molar-refractivity contribution < 1.29 is 14.3 Å². The van der Waals surface area contributed by atoms with Gasteiger partial charge < -0.3 is 10.5 Å². The molecule has 0 saturated heterocycles. The lowest BCUT2D eigenvalue weighted by atomic mass is 10.3. The summed E-state index contributed by atoms with van der Waals surface area (Å²) in [6.07, 6.45) is 3.44. The summed E-state index contributed by atoms with van der Waals surface area (Å²) in [4.78, 5) is 26.7. The summed E-state index contributed by atoms with van der Waals surface area (Å²) in [6, 6.07) is 6.59. The van der Waals surface area contributed by atoms with Crippen molar-refractivity contribution in [1.29, 1.82) is 0 Å². The van der Waals surface area contributed by atoms with Crippen LogP contribution in [0.3, 0.4) is 0 Å². The van der Waals surface area contributed by atoms with E-state index in [1.807, 2.05) is 28.8 Å². The zero-order valence-corrected chi connectivity index (χ0v) is 13.0. The number of ether oxygens (including phenoxy) is 1. The van der Waals surface area contributed by atoms with Gasteiger partial charge in [-0.2, -0.15) is 0 Å². The van der Waals surface area contributed by atoms with E-state index >= 15 is 0 Å². The molecule has 116 valence electrons. The van der Waals surface area contributed by atoms with Gasteiger partial charge in [-0.3, -0.25) is 14.7 Å². The van der Waals surface area contributed by atoms with Gasteiger partial charge in [0.1, 0.15) is 5.75 Å². The van der Waals surface area contributed by atoms with Crippen molar-refractivity contribution in [1.82, 2.24) is 14.9 Å². The van der Waals surface area contributed by atoms with Gasteiger partial charge in [0.2, 0.25) is 5.91 Å². The maximum atomic E-state index is 11.7. The third-order valence-electron chi connectivity index (χ3n) is 2.86. The van der Waals surface area contributed by atoms with E-state index in [2.05, 4.69) is 10.3 Å². The Morgan fingerprint density at radius 2 is 2.05 bits per heavy atom. The number of urea groups is 1. The molecule has 22 heavy (non-hydrogen) atoms. The summed E-state index contributed by atoms with van der Waals surface area (Å²) < 4.78 is 6.97. The summed E-state index contributed by atoms with van der Waals surface area (Å²) >= 11 is 1.23. The predicted octanol–water partition coefficient (Wildman–Crippen LogP) is 1.56. The van der Waals surface area contributed by atoms with Crippen molar-refractivity contribution in [2.75, 3.05) is 7.11 Å². The number of hydrogen-bond donors (Lipinski definition) is 2. The van der Waals surface area contributed by atoms with Crippen LogP contribution in [0.2, 0.25) is 0 Å². The van der Waals surface area contributed by atoms with Gasteiger partial charge in [0, 0.05) is 18.1 Å². The zero-order chi connectivity index (χ0) is 16.1. The van der Waals surface area contributed by atoms with Gasteiger partial charge in [0.15, 0.2) is 5.16 Å². The van der Waals surface area contributed by atoms with Crippen LogP contribution in [-0.2, 0) is 4.79 Å². The Labute approximate surface area is 131 Å². The Hall–Kier alpha value is -2.48. The highest BCUT2D eigenvalue weighted by atomic mass is 32.2. The van der Waals surface area contributed by atoms with Crippen molar-refractivity contribution >= 4 is 23.7 Å². The number of methoxy groups -OCH3 is 1. The number of nitrogens with zero attached hydrogens (tertiary/aromatic N) is 2. The fourth-order valence-corrected chi connectivity index (χ4v) is 2.63.